The highest BCUT2D eigenvalue weighted by Crippen LogP contribution is 2.28. The van der Waals surface area contributed by atoms with Crippen LogP contribution in [0.1, 0.15) is 174 Å². The summed E-state index contributed by atoms with van der Waals surface area (Å²) in [5, 5.41) is 41.7. The summed E-state index contributed by atoms with van der Waals surface area (Å²) in [6.07, 6.45) is 25.3. The lowest BCUT2D eigenvalue weighted by Crippen LogP contribution is -2.31. The van der Waals surface area contributed by atoms with E-state index in [9.17, 15) is 25.2 Å². The second-order valence-corrected chi connectivity index (χ2v) is 13.8. The first-order valence-corrected chi connectivity index (χ1v) is 18.6. The minimum absolute atomic E-state index is 0.126. The van der Waals surface area contributed by atoms with Gasteiger partial charge in [0.2, 0.25) is 0 Å². The number of unbranched alkanes of at least 4 members (excludes halogenated alkanes) is 14. The van der Waals surface area contributed by atoms with E-state index >= 15 is 0 Å². The van der Waals surface area contributed by atoms with E-state index in [1.807, 2.05) is 6.92 Å². The number of aliphatic hydroxyl groups excluding tert-OH is 4. The summed E-state index contributed by atoms with van der Waals surface area (Å²) < 4.78 is 11.1. The Hall–Kier alpha value is -0.990. The molecule has 258 valence electrons. The molecule has 0 bridgehead atoms. The van der Waals surface area contributed by atoms with E-state index in [4.69, 9.17) is 9.47 Å². The number of hydrogen-bond donors (Lipinski definition) is 4. The predicted molar refractivity (Wildman–Crippen MR) is 177 cm³/mol. The zero-order chi connectivity index (χ0) is 32.0. The topological polar surface area (TPSA) is 116 Å². The van der Waals surface area contributed by atoms with Crippen molar-refractivity contribution in [2.24, 2.45) is 0 Å². The van der Waals surface area contributed by atoms with Gasteiger partial charge in [0, 0.05) is 12.0 Å². The normalized spacial score (nSPS) is 23.0. The number of rotatable bonds is 28. The first kappa shape index (κ1) is 39.2. The zero-order valence-electron chi connectivity index (χ0n) is 28.3. The van der Waals surface area contributed by atoms with Crippen LogP contribution < -0.4 is 0 Å². The van der Waals surface area contributed by atoms with Gasteiger partial charge in [-0.1, -0.05) is 116 Å². The number of ether oxygens (including phenoxy) is 2. The van der Waals surface area contributed by atoms with Gasteiger partial charge in [-0.05, 0) is 57.9 Å². The summed E-state index contributed by atoms with van der Waals surface area (Å²) in [6.45, 7) is 4.08. The Kier molecular flexibility index (Phi) is 21.6. The fraction of sp³-hybridized carbons (Fsp3) is 0.919. The van der Waals surface area contributed by atoms with Gasteiger partial charge >= 0.3 is 5.97 Å². The molecule has 0 spiro atoms. The van der Waals surface area contributed by atoms with Crippen molar-refractivity contribution in [3.8, 4) is 0 Å². The molecule has 1 saturated heterocycles. The Balaban J connectivity index is 1.38. The first-order chi connectivity index (χ1) is 21.3. The van der Waals surface area contributed by atoms with Crippen LogP contribution in [0.2, 0.25) is 0 Å². The third kappa shape index (κ3) is 17.6. The van der Waals surface area contributed by atoms with Crippen molar-refractivity contribution in [2.75, 3.05) is 0 Å². The van der Waals surface area contributed by atoms with Crippen molar-refractivity contribution in [3.05, 3.63) is 11.6 Å². The Bertz CT molecular complexity index is 756. The molecule has 2 heterocycles. The van der Waals surface area contributed by atoms with Gasteiger partial charge in [-0.15, -0.1) is 0 Å². The summed E-state index contributed by atoms with van der Waals surface area (Å²) in [5.74, 6) is -0.308. The molecule has 0 aromatic heterocycles. The van der Waals surface area contributed by atoms with Crippen LogP contribution in [-0.4, -0.2) is 69.1 Å². The molecule has 2 aliphatic rings. The maximum absolute atomic E-state index is 11.7. The van der Waals surface area contributed by atoms with E-state index in [2.05, 4.69) is 6.92 Å². The van der Waals surface area contributed by atoms with Gasteiger partial charge in [0.25, 0.3) is 0 Å². The van der Waals surface area contributed by atoms with E-state index in [-0.39, 0.29) is 30.4 Å². The zero-order valence-corrected chi connectivity index (χ0v) is 28.3. The summed E-state index contributed by atoms with van der Waals surface area (Å²) in [4.78, 5) is 11.7. The second-order valence-electron chi connectivity index (χ2n) is 13.8. The molecular weight excluding hydrogens is 556 g/mol. The molecule has 0 aliphatic carbocycles. The molecule has 0 radical (unpaired) electrons. The highest BCUT2D eigenvalue weighted by atomic mass is 16.5. The molecule has 44 heavy (non-hydrogen) atoms. The number of aliphatic hydroxyl groups is 4. The predicted octanol–water partition coefficient (Wildman–Crippen LogP) is 7.84. The van der Waals surface area contributed by atoms with Crippen molar-refractivity contribution in [1.29, 1.82) is 0 Å². The molecule has 7 heteroatoms. The number of hydrogen-bond acceptors (Lipinski definition) is 7. The van der Waals surface area contributed by atoms with Crippen LogP contribution in [0.15, 0.2) is 11.6 Å². The lowest BCUT2D eigenvalue weighted by atomic mass is 9.99. The fourth-order valence-electron chi connectivity index (χ4n) is 6.77. The van der Waals surface area contributed by atoms with Gasteiger partial charge < -0.3 is 29.9 Å². The highest BCUT2D eigenvalue weighted by Gasteiger charge is 2.34. The molecule has 2 rings (SSSR count). The van der Waals surface area contributed by atoms with Crippen molar-refractivity contribution in [2.45, 2.75) is 217 Å². The quantitative estimate of drug-likeness (QED) is 0.0518. The van der Waals surface area contributed by atoms with Crippen molar-refractivity contribution < 1.29 is 34.7 Å². The van der Waals surface area contributed by atoms with Crippen molar-refractivity contribution >= 4 is 5.97 Å². The standard InChI is InChI=1S/C37H68O7/c1-3-4-5-6-7-8-9-10-11-18-23-33(40)35-25-26-36(44-35)34(41)24-19-13-12-15-20-31(38)21-16-14-17-22-32(39)28-30-27-29(2)43-37(30)42/h27,29,31-36,38-41H,3-26,28H2,1-2H3/t29-,31?,32+,33-,34+,35+,36+/m0/s1. The van der Waals surface area contributed by atoms with Crippen molar-refractivity contribution in [1.82, 2.24) is 0 Å². The van der Waals surface area contributed by atoms with Crippen LogP contribution in [0, 0.1) is 0 Å². The van der Waals surface area contributed by atoms with Gasteiger partial charge in [0.1, 0.15) is 6.10 Å². The third-order valence-corrected chi connectivity index (χ3v) is 9.61. The summed E-state index contributed by atoms with van der Waals surface area (Å²) in [7, 11) is 0. The van der Waals surface area contributed by atoms with Crippen LogP contribution in [0.25, 0.3) is 0 Å². The number of esters is 1. The van der Waals surface area contributed by atoms with Gasteiger partial charge in [0.15, 0.2) is 0 Å². The molecule has 7 atom stereocenters. The van der Waals surface area contributed by atoms with Gasteiger partial charge in [-0.3, -0.25) is 0 Å². The van der Waals surface area contributed by atoms with E-state index in [1.54, 1.807) is 6.08 Å². The van der Waals surface area contributed by atoms with E-state index in [1.165, 1.54) is 57.8 Å². The van der Waals surface area contributed by atoms with Gasteiger partial charge in [-0.25, -0.2) is 4.79 Å². The Morgan fingerprint density at radius 2 is 1.05 bits per heavy atom. The second kappa shape index (κ2) is 24.2. The molecule has 0 amide bonds. The molecule has 0 aromatic carbocycles. The first-order valence-electron chi connectivity index (χ1n) is 18.6. The Morgan fingerprint density at radius 3 is 1.50 bits per heavy atom. The minimum atomic E-state index is -0.519. The number of carbonyl (C=O) groups is 1. The maximum atomic E-state index is 11.7. The molecule has 1 fully saturated rings. The monoisotopic (exact) mass is 624 g/mol. The SMILES string of the molecule is CCCCCCCCCCCC[C@H](O)[C@H]1CC[C@H]([C@H](O)CCCCCCC(O)CCCCC[C@@H](O)CC2=C[C@H](C)OC2=O)O1. The van der Waals surface area contributed by atoms with Crippen LogP contribution in [0.5, 0.6) is 0 Å². The van der Waals surface area contributed by atoms with E-state index in [0.29, 0.717) is 18.4 Å². The molecule has 0 saturated carbocycles. The lowest BCUT2D eigenvalue weighted by molar-refractivity contribution is -0.139. The highest BCUT2D eigenvalue weighted by molar-refractivity contribution is 5.90. The molecule has 1 unspecified atom stereocenters. The average Bonchev–Trinajstić information content (AvgIpc) is 3.61. The minimum Gasteiger partial charge on any atom is -0.455 e. The number of carbonyl (C=O) groups excluding carboxylic acids is 1. The molecule has 0 aromatic rings. The average molecular weight is 625 g/mol. The summed E-state index contributed by atoms with van der Waals surface area (Å²) in [5.41, 5.74) is 0.584. The van der Waals surface area contributed by atoms with Crippen LogP contribution >= 0.6 is 0 Å². The van der Waals surface area contributed by atoms with Crippen LogP contribution in [0.3, 0.4) is 0 Å². The smallest absolute Gasteiger partial charge is 0.334 e. The molecule has 7 nitrogen and oxygen atoms in total. The largest absolute Gasteiger partial charge is 0.455 e. The Labute approximate surface area is 269 Å². The Morgan fingerprint density at radius 1 is 0.636 bits per heavy atom. The molecular formula is C37H68O7. The molecule has 4 N–H and O–H groups in total. The lowest BCUT2D eigenvalue weighted by Gasteiger charge is -2.22. The van der Waals surface area contributed by atoms with Crippen LogP contribution in [-0.2, 0) is 14.3 Å². The van der Waals surface area contributed by atoms with E-state index in [0.717, 1.165) is 89.9 Å². The van der Waals surface area contributed by atoms with Gasteiger partial charge in [-0.2, -0.15) is 0 Å². The van der Waals surface area contributed by atoms with Crippen molar-refractivity contribution in [3.63, 3.8) is 0 Å². The summed E-state index contributed by atoms with van der Waals surface area (Å²) in [6, 6.07) is 0. The summed E-state index contributed by atoms with van der Waals surface area (Å²) >= 11 is 0. The molecule has 2 aliphatic heterocycles. The maximum Gasteiger partial charge on any atom is 0.334 e. The number of cyclic esters (lactones) is 1. The third-order valence-electron chi connectivity index (χ3n) is 9.61. The van der Waals surface area contributed by atoms with E-state index < -0.39 is 18.3 Å². The van der Waals surface area contributed by atoms with Gasteiger partial charge in [0.05, 0.1) is 36.6 Å². The van der Waals surface area contributed by atoms with Crippen LogP contribution in [0.4, 0.5) is 0 Å². The fourth-order valence-corrected chi connectivity index (χ4v) is 6.77.